The number of hydrogen-bond acceptors (Lipinski definition) is 3. The van der Waals surface area contributed by atoms with Gasteiger partial charge in [0, 0.05) is 11.8 Å². The van der Waals surface area contributed by atoms with E-state index in [1.807, 2.05) is 26.0 Å². The van der Waals surface area contributed by atoms with E-state index < -0.39 is 0 Å². The number of hydrogen-bond donors (Lipinski definition) is 1. The van der Waals surface area contributed by atoms with Gasteiger partial charge in [0.25, 0.3) is 0 Å². The number of anilines is 1. The van der Waals surface area contributed by atoms with Gasteiger partial charge in [0.1, 0.15) is 0 Å². The van der Waals surface area contributed by atoms with Gasteiger partial charge in [-0.3, -0.25) is 4.79 Å². The van der Waals surface area contributed by atoms with Crippen LogP contribution >= 0.6 is 11.3 Å². The highest BCUT2D eigenvalue weighted by atomic mass is 32.1. The smallest absolute Gasteiger partial charge is 0.226 e. The lowest BCUT2D eigenvalue weighted by atomic mass is 10.1. The summed E-state index contributed by atoms with van der Waals surface area (Å²) in [6.07, 6.45) is 0.524. The molecule has 1 heterocycles. The summed E-state index contributed by atoms with van der Waals surface area (Å²) in [6, 6.07) is 12.3. The third-order valence-corrected chi connectivity index (χ3v) is 4.06. The second-order valence-electron chi connectivity index (χ2n) is 5.30. The van der Waals surface area contributed by atoms with E-state index in [9.17, 15) is 4.79 Å². The maximum absolute atomic E-state index is 11.8. The fourth-order valence-electron chi connectivity index (χ4n) is 2.26. The maximum Gasteiger partial charge on any atom is 0.226 e. The molecule has 1 N–H and O–H groups in total. The lowest BCUT2D eigenvalue weighted by molar-refractivity contribution is -0.116. The molecule has 3 rings (SSSR count). The van der Waals surface area contributed by atoms with Gasteiger partial charge >= 0.3 is 0 Å². The van der Waals surface area contributed by atoms with Crippen molar-refractivity contribution in [2.45, 2.75) is 20.3 Å². The van der Waals surface area contributed by atoms with Crippen LogP contribution < -0.4 is 5.32 Å². The summed E-state index contributed by atoms with van der Waals surface area (Å²) in [7, 11) is 0. The molecule has 0 radical (unpaired) electrons. The van der Waals surface area contributed by atoms with Crippen molar-refractivity contribution in [2.75, 3.05) is 5.32 Å². The molecule has 102 valence electrons. The Morgan fingerprint density at radius 3 is 2.85 bits per heavy atom. The number of nitrogens with one attached hydrogen (secondary N) is 1. The van der Waals surface area contributed by atoms with Gasteiger partial charge in [-0.15, -0.1) is 0 Å². The molecule has 0 spiro atoms. The minimum atomic E-state index is 0.0309. The highest BCUT2D eigenvalue weighted by Gasteiger charge is 2.10. The lowest BCUT2D eigenvalue weighted by Gasteiger charge is -2.03. The quantitative estimate of drug-likeness (QED) is 0.773. The minimum Gasteiger partial charge on any atom is -0.302 e. The Kier molecular flexibility index (Phi) is 3.40. The molecular weight excluding hydrogens is 268 g/mol. The van der Waals surface area contributed by atoms with E-state index in [1.165, 1.54) is 16.7 Å². The van der Waals surface area contributed by atoms with Gasteiger partial charge in [-0.25, -0.2) is 4.98 Å². The predicted molar refractivity (Wildman–Crippen MR) is 85.2 cm³/mol. The molecule has 1 amide bonds. The zero-order chi connectivity index (χ0) is 14.1. The van der Waals surface area contributed by atoms with Crippen molar-refractivity contribution < 1.29 is 4.79 Å². The van der Waals surface area contributed by atoms with Crippen LogP contribution in [0.25, 0.3) is 21.0 Å². The van der Waals surface area contributed by atoms with E-state index >= 15 is 0 Å². The number of benzene rings is 2. The molecule has 4 heteroatoms. The Morgan fingerprint density at radius 2 is 2.05 bits per heavy atom. The molecule has 0 aliphatic heterocycles. The fraction of sp³-hybridized carbons (Fsp3) is 0.250. The summed E-state index contributed by atoms with van der Waals surface area (Å²) in [5.41, 5.74) is 0.966. The number of carbonyl (C=O) groups excluding carboxylic acids is 1. The van der Waals surface area contributed by atoms with Crippen molar-refractivity contribution in [1.29, 1.82) is 0 Å². The molecule has 20 heavy (non-hydrogen) atoms. The van der Waals surface area contributed by atoms with Crippen molar-refractivity contribution in [2.24, 2.45) is 5.92 Å². The Labute approximate surface area is 121 Å². The number of carbonyl (C=O) groups is 1. The van der Waals surface area contributed by atoms with E-state index in [1.54, 1.807) is 0 Å². The molecule has 0 aliphatic rings. The van der Waals surface area contributed by atoms with E-state index in [2.05, 4.69) is 34.6 Å². The van der Waals surface area contributed by atoms with Crippen LogP contribution in [0.4, 0.5) is 5.13 Å². The average Bonchev–Trinajstić information content (AvgIpc) is 2.80. The van der Waals surface area contributed by atoms with Crippen molar-refractivity contribution in [3.8, 4) is 0 Å². The molecule has 3 nitrogen and oxygen atoms in total. The largest absolute Gasteiger partial charge is 0.302 e. The molecule has 1 aromatic heterocycles. The molecule has 3 aromatic rings. The molecule has 0 atom stereocenters. The van der Waals surface area contributed by atoms with Crippen LogP contribution in [-0.4, -0.2) is 10.9 Å². The van der Waals surface area contributed by atoms with Crippen LogP contribution in [0.2, 0.25) is 0 Å². The average molecular weight is 284 g/mol. The van der Waals surface area contributed by atoms with Gasteiger partial charge in [-0.2, -0.15) is 0 Å². The molecule has 0 fully saturated rings. The van der Waals surface area contributed by atoms with Crippen molar-refractivity contribution >= 4 is 43.4 Å². The van der Waals surface area contributed by atoms with E-state index in [4.69, 9.17) is 0 Å². The number of thiazole rings is 1. The topological polar surface area (TPSA) is 42.0 Å². The number of amides is 1. The first-order chi connectivity index (χ1) is 9.63. The summed E-state index contributed by atoms with van der Waals surface area (Å²) in [5, 5.41) is 5.88. The summed E-state index contributed by atoms with van der Waals surface area (Å²) < 4.78 is 1.10. The summed E-state index contributed by atoms with van der Waals surface area (Å²) in [5.74, 6) is 0.383. The monoisotopic (exact) mass is 284 g/mol. The third kappa shape index (κ3) is 2.51. The zero-order valence-corrected chi connectivity index (χ0v) is 12.3. The first-order valence-electron chi connectivity index (χ1n) is 6.71. The lowest BCUT2D eigenvalue weighted by Crippen LogP contribution is -2.13. The second kappa shape index (κ2) is 5.21. The second-order valence-corrected chi connectivity index (χ2v) is 6.33. The molecule has 0 saturated heterocycles. The molecular formula is C16H16N2OS. The van der Waals surface area contributed by atoms with Gasteiger partial charge in [0.15, 0.2) is 5.13 Å². The van der Waals surface area contributed by atoms with Gasteiger partial charge < -0.3 is 5.32 Å². The first-order valence-corrected chi connectivity index (χ1v) is 7.53. The van der Waals surface area contributed by atoms with Crippen LogP contribution in [0, 0.1) is 5.92 Å². The Morgan fingerprint density at radius 1 is 1.25 bits per heavy atom. The number of nitrogens with zero attached hydrogens (tertiary/aromatic N) is 1. The van der Waals surface area contributed by atoms with Crippen LogP contribution in [-0.2, 0) is 4.79 Å². The van der Waals surface area contributed by atoms with Crippen LogP contribution in [0.15, 0.2) is 36.4 Å². The maximum atomic E-state index is 11.8. The summed E-state index contributed by atoms with van der Waals surface area (Å²) in [6.45, 7) is 4.07. The minimum absolute atomic E-state index is 0.0309. The van der Waals surface area contributed by atoms with Gasteiger partial charge in [-0.05, 0) is 17.4 Å². The van der Waals surface area contributed by atoms with Gasteiger partial charge in [0.2, 0.25) is 5.91 Å². The van der Waals surface area contributed by atoms with Crippen molar-refractivity contribution in [1.82, 2.24) is 4.98 Å². The van der Waals surface area contributed by atoms with Crippen molar-refractivity contribution in [3.63, 3.8) is 0 Å². The predicted octanol–water partition coefficient (Wildman–Crippen LogP) is 4.43. The van der Waals surface area contributed by atoms with Crippen LogP contribution in [0.5, 0.6) is 0 Å². The number of fused-ring (bicyclic) bond motifs is 3. The Bertz CT molecular complexity index is 776. The van der Waals surface area contributed by atoms with Crippen molar-refractivity contribution in [3.05, 3.63) is 36.4 Å². The standard InChI is InChI=1S/C16H16N2OS/c1-10(2)9-14(19)17-16-18-15-12-6-4-3-5-11(12)7-8-13(15)20-16/h3-8,10H,9H2,1-2H3,(H,17,18,19). The van der Waals surface area contributed by atoms with Crippen LogP contribution in [0.3, 0.4) is 0 Å². The SMILES string of the molecule is CC(C)CC(=O)Nc1nc2c(ccc3ccccc32)s1. The van der Waals surface area contributed by atoms with Gasteiger partial charge in [0.05, 0.1) is 10.2 Å². The normalized spacial score (nSPS) is 11.3. The Hall–Kier alpha value is -1.94. The third-order valence-electron chi connectivity index (χ3n) is 3.12. The van der Waals surface area contributed by atoms with Crippen LogP contribution in [0.1, 0.15) is 20.3 Å². The first kappa shape index (κ1) is 13.1. The number of rotatable bonds is 3. The summed E-state index contributed by atoms with van der Waals surface area (Å²) in [4.78, 5) is 16.4. The zero-order valence-electron chi connectivity index (χ0n) is 11.5. The van der Waals surface area contributed by atoms with E-state index in [0.717, 1.165) is 15.6 Å². The van der Waals surface area contributed by atoms with Gasteiger partial charge in [-0.1, -0.05) is 55.5 Å². The Balaban J connectivity index is 1.98. The fourth-order valence-corrected chi connectivity index (χ4v) is 3.15. The molecule has 0 aliphatic carbocycles. The molecule has 0 unspecified atom stereocenters. The molecule has 2 aromatic carbocycles. The van der Waals surface area contributed by atoms with E-state index in [-0.39, 0.29) is 5.91 Å². The molecule has 0 saturated carbocycles. The highest BCUT2D eigenvalue weighted by molar-refractivity contribution is 7.22. The molecule has 0 bridgehead atoms. The number of aromatic nitrogens is 1. The highest BCUT2D eigenvalue weighted by Crippen LogP contribution is 2.31. The summed E-state index contributed by atoms with van der Waals surface area (Å²) >= 11 is 1.52. The van der Waals surface area contributed by atoms with E-state index in [0.29, 0.717) is 17.5 Å².